The SMILES string of the molecule is O=C1CCCN1[SH](CCO)CCO. The lowest BCUT2D eigenvalue weighted by molar-refractivity contribution is -0.123. The van der Waals surface area contributed by atoms with E-state index >= 15 is 0 Å². The highest BCUT2D eigenvalue weighted by atomic mass is 32.2. The molecule has 1 aliphatic rings. The average molecular weight is 207 g/mol. The minimum Gasteiger partial charge on any atom is -0.396 e. The zero-order valence-corrected chi connectivity index (χ0v) is 8.54. The Balaban J connectivity index is 2.47. The molecule has 4 nitrogen and oxygen atoms in total. The van der Waals surface area contributed by atoms with Gasteiger partial charge in [-0.2, -0.15) is 11.1 Å². The van der Waals surface area contributed by atoms with Crippen LogP contribution in [0.2, 0.25) is 0 Å². The van der Waals surface area contributed by atoms with Crippen LogP contribution >= 0.6 is 11.1 Å². The largest absolute Gasteiger partial charge is 0.396 e. The molecule has 5 heteroatoms. The van der Waals surface area contributed by atoms with Crippen molar-refractivity contribution in [1.82, 2.24) is 4.31 Å². The summed E-state index contributed by atoms with van der Waals surface area (Å²) in [6, 6.07) is 0. The van der Waals surface area contributed by atoms with Crippen molar-refractivity contribution in [3.8, 4) is 0 Å². The number of amides is 1. The van der Waals surface area contributed by atoms with Gasteiger partial charge in [0.15, 0.2) is 0 Å². The van der Waals surface area contributed by atoms with Crippen molar-refractivity contribution in [2.75, 3.05) is 31.3 Å². The Morgan fingerprint density at radius 1 is 1.31 bits per heavy atom. The Hall–Kier alpha value is -0.260. The van der Waals surface area contributed by atoms with Crippen molar-refractivity contribution in [1.29, 1.82) is 0 Å². The molecule has 1 rings (SSSR count). The van der Waals surface area contributed by atoms with Gasteiger partial charge in [-0.25, -0.2) is 0 Å². The molecule has 1 amide bonds. The standard InChI is InChI=1S/C8H17NO3S/c10-4-6-13(7-5-11)9-3-1-2-8(9)12/h10-11,13H,1-7H2. The zero-order chi connectivity index (χ0) is 9.68. The van der Waals surface area contributed by atoms with E-state index in [1.54, 1.807) is 0 Å². The highest BCUT2D eigenvalue weighted by Gasteiger charge is 2.24. The van der Waals surface area contributed by atoms with E-state index in [0.29, 0.717) is 17.9 Å². The maximum absolute atomic E-state index is 11.3. The Kier molecular flexibility index (Phi) is 4.55. The Morgan fingerprint density at radius 2 is 1.92 bits per heavy atom. The molecule has 0 atom stereocenters. The molecule has 0 radical (unpaired) electrons. The molecule has 1 heterocycles. The number of aliphatic hydroxyl groups is 2. The monoisotopic (exact) mass is 207 g/mol. The van der Waals surface area contributed by atoms with Crippen LogP contribution in [-0.2, 0) is 4.79 Å². The number of carbonyl (C=O) groups excluding carboxylic acids is 1. The quantitative estimate of drug-likeness (QED) is 0.533. The van der Waals surface area contributed by atoms with Gasteiger partial charge in [-0.15, -0.1) is 0 Å². The molecule has 1 aliphatic heterocycles. The van der Waals surface area contributed by atoms with Gasteiger partial charge in [0.1, 0.15) is 0 Å². The van der Waals surface area contributed by atoms with Crippen LogP contribution in [0.3, 0.4) is 0 Å². The lowest BCUT2D eigenvalue weighted by Gasteiger charge is -2.30. The first-order chi connectivity index (χ1) is 6.29. The molecule has 0 bridgehead atoms. The van der Waals surface area contributed by atoms with E-state index in [-0.39, 0.29) is 19.1 Å². The van der Waals surface area contributed by atoms with Crippen LogP contribution in [0.4, 0.5) is 0 Å². The van der Waals surface area contributed by atoms with Gasteiger partial charge in [0.25, 0.3) is 0 Å². The van der Waals surface area contributed by atoms with Crippen LogP contribution in [0.25, 0.3) is 0 Å². The number of thiol groups is 1. The molecule has 0 spiro atoms. The van der Waals surface area contributed by atoms with E-state index < -0.39 is 11.1 Å². The Morgan fingerprint density at radius 3 is 2.31 bits per heavy atom. The van der Waals surface area contributed by atoms with E-state index in [1.165, 1.54) is 0 Å². The molecule has 0 unspecified atom stereocenters. The average Bonchev–Trinajstić information content (AvgIpc) is 2.51. The Bertz CT molecular complexity index is 171. The molecule has 0 aromatic carbocycles. The van der Waals surface area contributed by atoms with Gasteiger partial charge in [-0.05, 0) is 6.42 Å². The molecule has 0 aromatic rings. The summed E-state index contributed by atoms with van der Waals surface area (Å²) in [7, 11) is 0. The van der Waals surface area contributed by atoms with Crippen molar-refractivity contribution in [3.63, 3.8) is 0 Å². The molecule has 0 saturated carbocycles. The first-order valence-corrected chi connectivity index (χ1v) is 6.23. The van der Waals surface area contributed by atoms with E-state index in [0.717, 1.165) is 13.0 Å². The lowest BCUT2D eigenvalue weighted by Crippen LogP contribution is -2.26. The predicted molar refractivity (Wildman–Crippen MR) is 53.8 cm³/mol. The molecule has 13 heavy (non-hydrogen) atoms. The number of hydrogen-bond donors (Lipinski definition) is 3. The third-order valence-electron chi connectivity index (χ3n) is 2.11. The molecular weight excluding hydrogens is 190 g/mol. The van der Waals surface area contributed by atoms with E-state index in [4.69, 9.17) is 10.2 Å². The summed E-state index contributed by atoms with van der Waals surface area (Å²) in [5.41, 5.74) is 0. The summed E-state index contributed by atoms with van der Waals surface area (Å²) in [6.07, 6.45) is 1.56. The zero-order valence-electron chi connectivity index (χ0n) is 7.65. The van der Waals surface area contributed by atoms with Gasteiger partial charge in [0.2, 0.25) is 5.91 Å². The molecule has 2 N–H and O–H groups in total. The predicted octanol–water partition coefficient (Wildman–Crippen LogP) is -0.490. The highest BCUT2D eigenvalue weighted by Crippen LogP contribution is 2.33. The fourth-order valence-corrected chi connectivity index (χ4v) is 3.52. The fourth-order valence-electron chi connectivity index (χ4n) is 1.52. The van der Waals surface area contributed by atoms with Crippen LogP contribution in [0.1, 0.15) is 12.8 Å². The van der Waals surface area contributed by atoms with Crippen molar-refractivity contribution < 1.29 is 15.0 Å². The minimum atomic E-state index is -0.618. The normalized spacial score (nSPS) is 18.2. The molecule has 78 valence electrons. The van der Waals surface area contributed by atoms with Crippen molar-refractivity contribution in [2.24, 2.45) is 0 Å². The molecule has 1 saturated heterocycles. The van der Waals surface area contributed by atoms with Crippen LogP contribution in [0.15, 0.2) is 0 Å². The fraction of sp³-hybridized carbons (Fsp3) is 0.875. The van der Waals surface area contributed by atoms with Gasteiger partial charge in [-0.1, -0.05) is 0 Å². The van der Waals surface area contributed by atoms with Crippen molar-refractivity contribution >= 4 is 17.0 Å². The third kappa shape index (κ3) is 2.86. The molecule has 0 aliphatic carbocycles. The van der Waals surface area contributed by atoms with E-state index in [2.05, 4.69) is 0 Å². The van der Waals surface area contributed by atoms with Crippen LogP contribution in [0, 0.1) is 0 Å². The highest BCUT2D eigenvalue weighted by molar-refractivity contribution is 8.15. The maximum atomic E-state index is 11.3. The third-order valence-corrected chi connectivity index (χ3v) is 4.64. The van der Waals surface area contributed by atoms with Gasteiger partial charge < -0.3 is 14.5 Å². The van der Waals surface area contributed by atoms with E-state index in [9.17, 15) is 4.79 Å². The number of rotatable bonds is 5. The molecule has 1 fully saturated rings. The van der Waals surface area contributed by atoms with Gasteiger partial charge >= 0.3 is 0 Å². The second-order valence-corrected chi connectivity index (χ2v) is 5.41. The van der Waals surface area contributed by atoms with E-state index in [1.807, 2.05) is 4.31 Å². The van der Waals surface area contributed by atoms with Crippen LogP contribution < -0.4 is 0 Å². The van der Waals surface area contributed by atoms with Gasteiger partial charge in [0.05, 0.1) is 13.2 Å². The van der Waals surface area contributed by atoms with Crippen LogP contribution in [-0.4, -0.2) is 51.7 Å². The van der Waals surface area contributed by atoms with Gasteiger partial charge in [0, 0.05) is 24.5 Å². The molecule has 0 aromatic heterocycles. The first-order valence-electron chi connectivity index (χ1n) is 4.56. The van der Waals surface area contributed by atoms with Gasteiger partial charge in [-0.3, -0.25) is 4.79 Å². The second kappa shape index (κ2) is 5.47. The number of nitrogens with zero attached hydrogens (tertiary/aromatic N) is 1. The van der Waals surface area contributed by atoms with Crippen LogP contribution in [0.5, 0.6) is 0 Å². The summed E-state index contributed by atoms with van der Waals surface area (Å²) in [5, 5.41) is 17.6. The minimum absolute atomic E-state index is 0.107. The lowest BCUT2D eigenvalue weighted by atomic mass is 10.4. The molecular formula is C8H17NO3S. The summed E-state index contributed by atoms with van der Waals surface area (Å²) in [4.78, 5) is 11.3. The smallest absolute Gasteiger partial charge is 0.230 e. The summed E-state index contributed by atoms with van der Waals surface area (Å²) in [6.45, 7) is 1.02. The number of carbonyl (C=O) groups is 1. The maximum Gasteiger partial charge on any atom is 0.230 e. The first kappa shape index (κ1) is 10.8. The summed E-state index contributed by atoms with van der Waals surface area (Å²) < 4.78 is 1.85. The second-order valence-electron chi connectivity index (χ2n) is 3.02. The van der Waals surface area contributed by atoms with Crippen molar-refractivity contribution in [2.45, 2.75) is 12.8 Å². The number of hydrogen-bond acceptors (Lipinski definition) is 3. The summed E-state index contributed by atoms with van der Waals surface area (Å²) in [5.74, 6) is 1.47. The summed E-state index contributed by atoms with van der Waals surface area (Å²) >= 11 is -0.618. The Labute approximate surface area is 81.0 Å². The topological polar surface area (TPSA) is 60.8 Å². The van der Waals surface area contributed by atoms with Crippen molar-refractivity contribution in [3.05, 3.63) is 0 Å². The number of aliphatic hydroxyl groups excluding tert-OH is 2.